The molecular formula is C21H21ClN2OS. The normalized spacial score (nSPS) is 11.2. The third kappa shape index (κ3) is 4.45. The lowest BCUT2D eigenvalue weighted by Crippen LogP contribution is -2.19. The first-order valence-electron chi connectivity index (χ1n) is 8.36. The quantitative estimate of drug-likeness (QED) is 0.501. The molecule has 2 aromatic carbocycles. The molecule has 0 unspecified atom stereocenters. The number of anilines is 2. The maximum Gasteiger partial charge on any atom is 0.323 e. The van der Waals surface area contributed by atoms with Crippen LogP contribution in [0.1, 0.15) is 25.6 Å². The molecule has 0 saturated heterocycles. The van der Waals surface area contributed by atoms with Crippen molar-refractivity contribution in [1.29, 1.82) is 0 Å². The van der Waals surface area contributed by atoms with Crippen molar-refractivity contribution in [3.05, 3.63) is 70.6 Å². The summed E-state index contributed by atoms with van der Waals surface area (Å²) >= 11 is 7.59. The molecule has 1 aromatic heterocycles. The molecule has 0 radical (unpaired) electrons. The van der Waals surface area contributed by atoms with Gasteiger partial charge in [0.2, 0.25) is 0 Å². The summed E-state index contributed by atoms with van der Waals surface area (Å²) in [5.41, 5.74) is 2.62. The number of hydrogen-bond acceptors (Lipinski definition) is 2. The average Bonchev–Trinajstić information content (AvgIpc) is 3.02. The minimum absolute atomic E-state index is 0.0147. The topological polar surface area (TPSA) is 41.1 Å². The summed E-state index contributed by atoms with van der Waals surface area (Å²) in [4.78, 5) is 14.7. The number of carbonyl (C=O) groups is 1. The SMILES string of the molecule is CC(C)(C)c1cc(NC(=O)Nc2ccc(Cl)cc2)c(-c2ccccc2)s1. The Bertz CT molecular complexity index is 896. The first-order chi connectivity index (χ1) is 12.3. The van der Waals surface area contributed by atoms with Crippen molar-refractivity contribution in [3.8, 4) is 10.4 Å². The number of amides is 2. The van der Waals surface area contributed by atoms with E-state index in [1.165, 1.54) is 4.88 Å². The van der Waals surface area contributed by atoms with Gasteiger partial charge >= 0.3 is 6.03 Å². The third-order valence-electron chi connectivity index (χ3n) is 3.86. The van der Waals surface area contributed by atoms with Gasteiger partial charge in [-0.25, -0.2) is 4.79 Å². The highest BCUT2D eigenvalue weighted by Crippen LogP contribution is 2.41. The van der Waals surface area contributed by atoms with Gasteiger partial charge in [-0.15, -0.1) is 11.3 Å². The van der Waals surface area contributed by atoms with Crippen molar-refractivity contribution in [1.82, 2.24) is 0 Å². The summed E-state index contributed by atoms with van der Waals surface area (Å²) in [6.07, 6.45) is 0. The van der Waals surface area contributed by atoms with Crippen LogP contribution in [0.25, 0.3) is 10.4 Å². The van der Waals surface area contributed by atoms with Crippen LogP contribution in [0.5, 0.6) is 0 Å². The lowest BCUT2D eigenvalue weighted by atomic mass is 9.94. The van der Waals surface area contributed by atoms with E-state index >= 15 is 0 Å². The van der Waals surface area contributed by atoms with E-state index in [-0.39, 0.29) is 11.4 Å². The molecule has 0 fully saturated rings. The fourth-order valence-electron chi connectivity index (χ4n) is 2.48. The van der Waals surface area contributed by atoms with Crippen molar-refractivity contribution in [3.63, 3.8) is 0 Å². The van der Waals surface area contributed by atoms with Gasteiger partial charge < -0.3 is 10.6 Å². The van der Waals surface area contributed by atoms with Crippen LogP contribution in [0.4, 0.5) is 16.2 Å². The predicted molar refractivity (Wildman–Crippen MR) is 113 cm³/mol. The zero-order chi connectivity index (χ0) is 18.7. The average molecular weight is 385 g/mol. The molecule has 0 spiro atoms. The number of carbonyl (C=O) groups excluding carboxylic acids is 1. The van der Waals surface area contributed by atoms with Crippen LogP contribution in [0.3, 0.4) is 0 Å². The Morgan fingerprint density at radius 2 is 1.62 bits per heavy atom. The van der Waals surface area contributed by atoms with Gasteiger partial charge in [0.25, 0.3) is 0 Å². The molecule has 0 saturated carbocycles. The van der Waals surface area contributed by atoms with Crippen LogP contribution in [0.2, 0.25) is 5.02 Å². The van der Waals surface area contributed by atoms with Crippen LogP contribution in [0, 0.1) is 0 Å². The Balaban J connectivity index is 1.87. The number of nitrogens with one attached hydrogen (secondary N) is 2. The molecule has 2 N–H and O–H groups in total. The third-order valence-corrected chi connectivity index (χ3v) is 5.72. The fourth-order valence-corrected chi connectivity index (χ4v) is 3.78. The number of rotatable bonds is 3. The number of urea groups is 1. The Hall–Kier alpha value is -2.30. The predicted octanol–water partition coefficient (Wildman–Crippen LogP) is 7.01. The van der Waals surface area contributed by atoms with Gasteiger partial charge in [-0.2, -0.15) is 0 Å². The Kier molecular flexibility index (Phi) is 5.35. The van der Waals surface area contributed by atoms with E-state index in [9.17, 15) is 4.79 Å². The minimum Gasteiger partial charge on any atom is -0.308 e. The molecule has 0 aliphatic rings. The monoisotopic (exact) mass is 384 g/mol. The highest BCUT2D eigenvalue weighted by molar-refractivity contribution is 7.16. The van der Waals surface area contributed by atoms with Gasteiger partial charge in [-0.05, 0) is 41.3 Å². The van der Waals surface area contributed by atoms with Crippen LogP contribution in [-0.2, 0) is 5.41 Å². The van der Waals surface area contributed by atoms with Gasteiger partial charge in [0.1, 0.15) is 0 Å². The van der Waals surface area contributed by atoms with Crippen LogP contribution >= 0.6 is 22.9 Å². The highest BCUT2D eigenvalue weighted by atomic mass is 35.5. The van der Waals surface area contributed by atoms with Crippen molar-refractivity contribution in [2.24, 2.45) is 0 Å². The van der Waals surface area contributed by atoms with E-state index in [0.717, 1.165) is 16.1 Å². The maximum atomic E-state index is 12.5. The molecule has 1 heterocycles. The Morgan fingerprint density at radius 3 is 2.23 bits per heavy atom. The molecule has 26 heavy (non-hydrogen) atoms. The summed E-state index contributed by atoms with van der Waals surface area (Å²) in [5, 5.41) is 6.47. The molecule has 3 nitrogen and oxygen atoms in total. The second-order valence-corrected chi connectivity index (χ2v) is 8.54. The lowest BCUT2D eigenvalue weighted by molar-refractivity contribution is 0.262. The maximum absolute atomic E-state index is 12.5. The summed E-state index contributed by atoms with van der Waals surface area (Å²) in [6, 6.07) is 18.9. The molecule has 0 aliphatic carbocycles. The van der Waals surface area contributed by atoms with E-state index in [4.69, 9.17) is 11.6 Å². The molecule has 0 bridgehead atoms. The van der Waals surface area contributed by atoms with Crippen molar-refractivity contribution < 1.29 is 4.79 Å². The van der Waals surface area contributed by atoms with E-state index in [1.807, 2.05) is 18.2 Å². The van der Waals surface area contributed by atoms with Crippen LogP contribution in [-0.4, -0.2) is 6.03 Å². The Labute approximate surface area is 163 Å². The van der Waals surface area contributed by atoms with Crippen LogP contribution in [0.15, 0.2) is 60.7 Å². The zero-order valence-corrected chi connectivity index (χ0v) is 16.5. The number of thiophene rings is 1. The summed E-state index contributed by atoms with van der Waals surface area (Å²) < 4.78 is 0. The van der Waals surface area contributed by atoms with E-state index in [0.29, 0.717) is 10.7 Å². The molecule has 0 aliphatic heterocycles. The van der Waals surface area contributed by atoms with Crippen molar-refractivity contribution in [2.75, 3.05) is 10.6 Å². The van der Waals surface area contributed by atoms with Gasteiger partial charge in [0.15, 0.2) is 0 Å². The smallest absolute Gasteiger partial charge is 0.308 e. The summed E-state index contributed by atoms with van der Waals surface area (Å²) in [5.74, 6) is 0. The lowest BCUT2D eigenvalue weighted by Gasteiger charge is -2.15. The fraction of sp³-hybridized carbons (Fsp3) is 0.190. The molecule has 134 valence electrons. The molecular weight excluding hydrogens is 364 g/mol. The summed E-state index contributed by atoms with van der Waals surface area (Å²) in [7, 11) is 0. The second-order valence-electron chi connectivity index (χ2n) is 7.06. The zero-order valence-electron chi connectivity index (χ0n) is 15.0. The number of benzene rings is 2. The largest absolute Gasteiger partial charge is 0.323 e. The first-order valence-corrected chi connectivity index (χ1v) is 9.56. The van der Waals surface area contributed by atoms with Crippen molar-refractivity contribution in [2.45, 2.75) is 26.2 Å². The Morgan fingerprint density at radius 1 is 0.962 bits per heavy atom. The second kappa shape index (κ2) is 7.52. The molecule has 5 heteroatoms. The molecule has 3 rings (SSSR count). The van der Waals surface area contributed by atoms with Crippen molar-refractivity contribution >= 4 is 40.3 Å². The van der Waals surface area contributed by atoms with Gasteiger partial charge in [-0.1, -0.05) is 62.7 Å². The van der Waals surface area contributed by atoms with Gasteiger partial charge in [0.05, 0.1) is 10.6 Å². The molecule has 2 amide bonds. The van der Waals surface area contributed by atoms with E-state index < -0.39 is 0 Å². The standard InChI is InChI=1S/C21H21ClN2OS/c1-21(2,3)18-13-17(19(26-18)14-7-5-4-6-8-14)24-20(25)23-16-11-9-15(22)10-12-16/h4-13H,1-3H3,(H2,23,24,25). The highest BCUT2D eigenvalue weighted by Gasteiger charge is 2.21. The minimum atomic E-state index is -0.275. The number of halogens is 1. The first kappa shape index (κ1) is 18.5. The molecule has 3 aromatic rings. The van der Waals surface area contributed by atoms with Gasteiger partial charge in [-0.3, -0.25) is 0 Å². The van der Waals surface area contributed by atoms with E-state index in [2.05, 4.69) is 49.6 Å². The molecule has 0 atom stereocenters. The summed E-state index contributed by atoms with van der Waals surface area (Å²) in [6.45, 7) is 6.52. The van der Waals surface area contributed by atoms with Gasteiger partial charge in [0, 0.05) is 15.6 Å². The number of hydrogen-bond donors (Lipinski definition) is 2. The van der Waals surface area contributed by atoms with Crippen LogP contribution < -0.4 is 10.6 Å². The van der Waals surface area contributed by atoms with E-state index in [1.54, 1.807) is 35.6 Å².